The summed E-state index contributed by atoms with van der Waals surface area (Å²) in [4.78, 5) is 12.1. The lowest BCUT2D eigenvalue weighted by atomic mass is 9.65. The molecule has 2 atom stereocenters. The molecular weight excluding hydrogens is 222 g/mol. The molecule has 2 nitrogen and oxygen atoms in total. The van der Waals surface area contributed by atoms with Gasteiger partial charge in [0.1, 0.15) is 5.78 Å². The zero-order valence-electron chi connectivity index (χ0n) is 10.2. The molecule has 0 N–H and O–H groups in total. The number of rotatable bonds is 2. The van der Waals surface area contributed by atoms with Gasteiger partial charge < -0.3 is 0 Å². The van der Waals surface area contributed by atoms with Crippen LogP contribution in [-0.4, -0.2) is 5.78 Å². The Balaban J connectivity index is 2.13. The van der Waals surface area contributed by atoms with Gasteiger partial charge in [0.05, 0.1) is 6.07 Å². The maximum atomic E-state index is 12.1. The van der Waals surface area contributed by atoms with Crippen LogP contribution in [0.5, 0.6) is 0 Å². The van der Waals surface area contributed by atoms with Crippen molar-refractivity contribution in [3.8, 4) is 6.07 Å². The van der Waals surface area contributed by atoms with Crippen LogP contribution in [0.15, 0.2) is 30.3 Å². The number of carbonyl (C=O) groups is 1. The van der Waals surface area contributed by atoms with Crippen molar-refractivity contribution in [2.24, 2.45) is 5.92 Å². The SMILES string of the molecule is N#CCC[C@@]12CCC(=O)[C@@H]1C=Cc1ccccc12. The van der Waals surface area contributed by atoms with Crippen molar-refractivity contribution in [3.05, 3.63) is 41.5 Å². The molecule has 2 aliphatic carbocycles. The second kappa shape index (κ2) is 4.10. The monoisotopic (exact) mass is 237 g/mol. The van der Waals surface area contributed by atoms with Crippen LogP contribution in [0, 0.1) is 17.2 Å². The number of fused-ring (bicyclic) bond motifs is 3. The summed E-state index contributed by atoms with van der Waals surface area (Å²) in [5, 5.41) is 8.87. The molecule has 0 saturated heterocycles. The second-order valence-corrected chi connectivity index (χ2v) is 5.20. The summed E-state index contributed by atoms with van der Waals surface area (Å²) in [5.74, 6) is 0.319. The third-order valence-electron chi connectivity index (χ3n) is 4.41. The van der Waals surface area contributed by atoms with E-state index in [2.05, 4.69) is 30.4 Å². The average molecular weight is 237 g/mol. The van der Waals surface area contributed by atoms with Gasteiger partial charge in [0.25, 0.3) is 0 Å². The standard InChI is InChI=1S/C16H15NO/c17-11-3-9-16-10-8-15(18)14(16)7-6-12-4-1-2-5-13(12)16/h1-2,4-7,14H,3,8-10H2/t14-,16-/m0/s1. The first kappa shape index (κ1) is 11.2. The molecule has 0 spiro atoms. The van der Waals surface area contributed by atoms with Crippen LogP contribution in [-0.2, 0) is 10.2 Å². The maximum absolute atomic E-state index is 12.1. The molecule has 0 heterocycles. The Labute approximate surface area is 107 Å². The molecule has 0 aromatic heterocycles. The Hall–Kier alpha value is -1.88. The summed E-state index contributed by atoms with van der Waals surface area (Å²) in [7, 11) is 0. The molecule has 1 aromatic rings. The smallest absolute Gasteiger partial charge is 0.140 e. The van der Waals surface area contributed by atoms with Crippen molar-refractivity contribution in [1.29, 1.82) is 5.26 Å². The van der Waals surface area contributed by atoms with E-state index < -0.39 is 0 Å². The first-order valence-corrected chi connectivity index (χ1v) is 6.45. The van der Waals surface area contributed by atoms with E-state index in [0.717, 1.165) is 12.8 Å². The number of carbonyl (C=O) groups excluding carboxylic acids is 1. The van der Waals surface area contributed by atoms with Gasteiger partial charge in [0.2, 0.25) is 0 Å². The van der Waals surface area contributed by atoms with Gasteiger partial charge in [0, 0.05) is 24.2 Å². The molecule has 18 heavy (non-hydrogen) atoms. The molecule has 0 unspecified atom stereocenters. The highest BCUT2D eigenvalue weighted by atomic mass is 16.1. The zero-order chi connectivity index (χ0) is 12.6. The second-order valence-electron chi connectivity index (χ2n) is 5.20. The number of nitrogens with zero attached hydrogens (tertiary/aromatic N) is 1. The van der Waals surface area contributed by atoms with E-state index in [1.54, 1.807) is 0 Å². The highest BCUT2D eigenvalue weighted by Crippen LogP contribution is 2.51. The largest absolute Gasteiger partial charge is 0.299 e. The van der Waals surface area contributed by atoms with E-state index in [0.29, 0.717) is 18.6 Å². The highest BCUT2D eigenvalue weighted by molar-refractivity contribution is 5.90. The molecule has 1 aromatic carbocycles. The van der Waals surface area contributed by atoms with Crippen LogP contribution >= 0.6 is 0 Å². The summed E-state index contributed by atoms with van der Waals surface area (Å²) in [6.45, 7) is 0. The minimum atomic E-state index is -0.113. The van der Waals surface area contributed by atoms with Gasteiger partial charge in [0.15, 0.2) is 0 Å². The van der Waals surface area contributed by atoms with Crippen molar-refractivity contribution < 1.29 is 4.79 Å². The molecular formula is C16H15NO. The van der Waals surface area contributed by atoms with Crippen molar-refractivity contribution in [1.82, 2.24) is 0 Å². The van der Waals surface area contributed by atoms with Crippen LogP contribution in [0.25, 0.3) is 6.08 Å². The number of nitriles is 1. The zero-order valence-corrected chi connectivity index (χ0v) is 10.2. The number of benzene rings is 1. The molecule has 3 rings (SSSR count). The normalized spacial score (nSPS) is 28.6. The predicted octanol–water partition coefficient (Wildman–Crippen LogP) is 3.23. The van der Waals surface area contributed by atoms with Gasteiger partial charge in [-0.25, -0.2) is 0 Å². The van der Waals surface area contributed by atoms with E-state index in [4.69, 9.17) is 5.26 Å². The lowest BCUT2D eigenvalue weighted by molar-refractivity contribution is -0.120. The minimum absolute atomic E-state index is 0.0132. The first-order chi connectivity index (χ1) is 8.78. The van der Waals surface area contributed by atoms with Gasteiger partial charge in [-0.05, 0) is 24.0 Å². The van der Waals surface area contributed by atoms with Gasteiger partial charge in [-0.2, -0.15) is 5.26 Å². The number of ketones is 1. The van der Waals surface area contributed by atoms with Crippen molar-refractivity contribution in [3.63, 3.8) is 0 Å². The molecule has 0 bridgehead atoms. The third kappa shape index (κ3) is 1.44. The Bertz CT molecular complexity index is 567. The number of hydrogen-bond donors (Lipinski definition) is 0. The summed E-state index contributed by atoms with van der Waals surface area (Å²) >= 11 is 0. The first-order valence-electron chi connectivity index (χ1n) is 6.45. The predicted molar refractivity (Wildman–Crippen MR) is 69.7 cm³/mol. The molecule has 0 amide bonds. The van der Waals surface area contributed by atoms with Crippen LogP contribution in [0.2, 0.25) is 0 Å². The fraction of sp³-hybridized carbons (Fsp3) is 0.375. The van der Waals surface area contributed by atoms with Crippen LogP contribution in [0.3, 0.4) is 0 Å². The van der Waals surface area contributed by atoms with Crippen LogP contribution < -0.4 is 0 Å². The number of Topliss-reactive ketones (excluding diaryl/α,β-unsaturated/α-hetero) is 1. The van der Waals surface area contributed by atoms with Gasteiger partial charge in [-0.1, -0.05) is 36.4 Å². The van der Waals surface area contributed by atoms with Crippen molar-refractivity contribution >= 4 is 11.9 Å². The highest BCUT2D eigenvalue weighted by Gasteiger charge is 2.49. The van der Waals surface area contributed by atoms with E-state index in [1.807, 2.05) is 12.1 Å². The molecule has 1 fully saturated rings. The lowest BCUT2D eigenvalue weighted by Crippen LogP contribution is -2.34. The molecule has 90 valence electrons. The molecule has 2 aliphatic rings. The Morgan fingerprint density at radius 1 is 1.39 bits per heavy atom. The van der Waals surface area contributed by atoms with Gasteiger partial charge in [-0.15, -0.1) is 0 Å². The number of hydrogen-bond acceptors (Lipinski definition) is 2. The van der Waals surface area contributed by atoms with Crippen molar-refractivity contribution in [2.75, 3.05) is 0 Å². The summed E-state index contributed by atoms with van der Waals surface area (Å²) in [5.41, 5.74) is 2.36. The van der Waals surface area contributed by atoms with E-state index in [-0.39, 0.29) is 11.3 Å². The van der Waals surface area contributed by atoms with Gasteiger partial charge >= 0.3 is 0 Å². The summed E-state index contributed by atoms with van der Waals surface area (Å²) in [6, 6.07) is 10.5. The van der Waals surface area contributed by atoms with Crippen LogP contribution in [0.1, 0.15) is 36.8 Å². The molecule has 1 saturated carbocycles. The minimum Gasteiger partial charge on any atom is -0.299 e. The molecule has 0 aliphatic heterocycles. The maximum Gasteiger partial charge on any atom is 0.140 e. The molecule has 0 radical (unpaired) electrons. The summed E-state index contributed by atoms with van der Waals surface area (Å²) < 4.78 is 0. The Morgan fingerprint density at radius 3 is 3.06 bits per heavy atom. The fourth-order valence-electron chi connectivity index (χ4n) is 3.55. The van der Waals surface area contributed by atoms with Gasteiger partial charge in [-0.3, -0.25) is 4.79 Å². The van der Waals surface area contributed by atoms with E-state index in [1.165, 1.54) is 11.1 Å². The lowest BCUT2D eigenvalue weighted by Gasteiger charge is -2.37. The van der Waals surface area contributed by atoms with E-state index >= 15 is 0 Å². The summed E-state index contributed by atoms with van der Waals surface area (Å²) in [6.07, 6.45) is 6.96. The average Bonchev–Trinajstić information content (AvgIpc) is 2.75. The molecule has 2 heteroatoms. The quantitative estimate of drug-likeness (QED) is 0.792. The van der Waals surface area contributed by atoms with E-state index in [9.17, 15) is 4.79 Å². The van der Waals surface area contributed by atoms with Crippen LogP contribution in [0.4, 0.5) is 0 Å². The third-order valence-corrected chi connectivity index (χ3v) is 4.41. The van der Waals surface area contributed by atoms with Crippen molar-refractivity contribution in [2.45, 2.75) is 31.1 Å². The Morgan fingerprint density at radius 2 is 2.22 bits per heavy atom. The number of allylic oxidation sites excluding steroid dienone is 1. The fourth-order valence-corrected chi connectivity index (χ4v) is 3.55. The topological polar surface area (TPSA) is 40.9 Å². The Kier molecular flexibility index (Phi) is 2.56.